The number of rotatable bonds is 8. The lowest BCUT2D eigenvalue weighted by molar-refractivity contribution is 0.0106. The van der Waals surface area contributed by atoms with Crippen molar-refractivity contribution in [3.05, 3.63) is 65.7 Å². The second kappa shape index (κ2) is 8.67. The predicted molar refractivity (Wildman–Crippen MR) is 92.0 cm³/mol. The lowest BCUT2D eigenvalue weighted by atomic mass is 10.1. The molecule has 1 atom stereocenters. The molecule has 23 heavy (non-hydrogen) atoms. The minimum Gasteiger partial charge on any atom is -0.376 e. The van der Waals surface area contributed by atoms with Crippen molar-refractivity contribution in [1.82, 2.24) is 5.43 Å². The summed E-state index contributed by atoms with van der Waals surface area (Å²) >= 11 is 0. The Morgan fingerprint density at radius 2 is 1.91 bits per heavy atom. The molecule has 2 aromatic carbocycles. The van der Waals surface area contributed by atoms with Crippen molar-refractivity contribution in [3.8, 4) is 0 Å². The molecular formula is C19H24N2O2. The van der Waals surface area contributed by atoms with Gasteiger partial charge in [0.05, 0.1) is 19.3 Å². The molecule has 122 valence electrons. The molecule has 0 aromatic heterocycles. The van der Waals surface area contributed by atoms with Crippen molar-refractivity contribution in [1.29, 1.82) is 0 Å². The van der Waals surface area contributed by atoms with Crippen molar-refractivity contribution in [2.75, 3.05) is 18.6 Å². The third kappa shape index (κ3) is 5.36. The van der Waals surface area contributed by atoms with Gasteiger partial charge in [0.2, 0.25) is 0 Å². The zero-order valence-corrected chi connectivity index (χ0v) is 13.3. The summed E-state index contributed by atoms with van der Waals surface area (Å²) in [7, 11) is 0. The molecule has 2 aromatic rings. The summed E-state index contributed by atoms with van der Waals surface area (Å²) in [6.45, 7) is 2.97. The van der Waals surface area contributed by atoms with Crippen LogP contribution in [-0.2, 0) is 22.6 Å². The fourth-order valence-electron chi connectivity index (χ4n) is 2.68. The highest BCUT2D eigenvalue weighted by molar-refractivity contribution is 5.41. The Kier molecular flexibility index (Phi) is 6.03. The summed E-state index contributed by atoms with van der Waals surface area (Å²) < 4.78 is 11.3. The average Bonchev–Trinajstić information content (AvgIpc) is 3.10. The molecule has 3 rings (SSSR count). The molecule has 0 saturated carbocycles. The third-order valence-electron chi connectivity index (χ3n) is 3.89. The van der Waals surface area contributed by atoms with Crippen LogP contribution in [0.4, 0.5) is 5.69 Å². The summed E-state index contributed by atoms with van der Waals surface area (Å²) in [5.74, 6) is 0. The highest BCUT2D eigenvalue weighted by Gasteiger charge is 2.15. The van der Waals surface area contributed by atoms with E-state index >= 15 is 0 Å². The number of nitrogens with one attached hydrogen (secondary N) is 2. The monoisotopic (exact) mass is 312 g/mol. The Bertz CT molecular complexity index is 583. The van der Waals surface area contributed by atoms with E-state index in [1.807, 2.05) is 30.3 Å². The molecule has 1 unspecified atom stereocenters. The first-order chi connectivity index (χ1) is 11.4. The zero-order chi connectivity index (χ0) is 15.7. The van der Waals surface area contributed by atoms with E-state index in [2.05, 4.69) is 35.1 Å². The molecule has 1 saturated heterocycles. The van der Waals surface area contributed by atoms with E-state index in [4.69, 9.17) is 9.47 Å². The molecule has 1 fully saturated rings. The van der Waals surface area contributed by atoms with Gasteiger partial charge in [0.1, 0.15) is 0 Å². The fourth-order valence-corrected chi connectivity index (χ4v) is 2.68. The zero-order valence-electron chi connectivity index (χ0n) is 13.3. The maximum atomic E-state index is 5.77. The van der Waals surface area contributed by atoms with E-state index < -0.39 is 0 Å². The van der Waals surface area contributed by atoms with E-state index in [-0.39, 0.29) is 6.10 Å². The Morgan fingerprint density at radius 3 is 2.74 bits per heavy atom. The molecule has 0 spiro atoms. The van der Waals surface area contributed by atoms with Crippen LogP contribution in [0.25, 0.3) is 0 Å². The SMILES string of the molecule is c1ccc(NNCc2cccc(COCC3CCCO3)c2)cc1. The van der Waals surface area contributed by atoms with Gasteiger partial charge in [-0.15, -0.1) is 0 Å². The molecule has 4 nitrogen and oxygen atoms in total. The van der Waals surface area contributed by atoms with Gasteiger partial charge in [-0.3, -0.25) is 0 Å². The van der Waals surface area contributed by atoms with E-state index in [0.717, 1.165) is 31.7 Å². The topological polar surface area (TPSA) is 42.5 Å². The van der Waals surface area contributed by atoms with Gasteiger partial charge in [0, 0.05) is 18.8 Å². The number of para-hydroxylation sites is 1. The van der Waals surface area contributed by atoms with Crippen LogP contribution in [0.5, 0.6) is 0 Å². The van der Waals surface area contributed by atoms with Gasteiger partial charge in [0.15, 0.2) is 0 Å². The highest BCUT2D eigenvalue weighted by Crippen LogP contribution is 2.13. The van der Waals surface area contributed by atoms with E-state index in [1.165, 1.54) is 11.1 Å². The molecule has 0 radical (unpaired) electrons. The average molecular weight is 312 g/mol. The van der Waals surface area contributed by atoms with Crippen molar-refractivity contribution in [2.24, 2.45) is 0 Å². The second-order valence-corrected chi connectivity index (χ2v) is 5.81. The quantitative estimate of drug-likeness (QED) is 0.732. The number of anilines is 1. The van der Waals surface area contributed by atoms with Crippen LogP contribution in [0.15, 0.2) is 54.6 Å². The van der Waals surface area contributed by atoms with Crippen LogP contribution >= 0.6 is 0 Å². The van der Waals surface area contributed by atoms with Crippen LogP contribution in [-0.4, -0.2) is 19.3 Å². The molecule has 1 heterocycles. The maximum Gasteiger partial charge on any atom is 0.0809 e. The van der Waals surface area contributed by atoms with E-state index in [1.54, 1.807) is 0 Å². The summed E-state index contributed by atoms with van der Waals surface area (Å²) in [6, 6.07) is 18.6. The molecule has 1 aliphatic heterocycles. The summed E-state index contributed by atoms with van der Waals surface area (Å²) in [4.78, 5) is 0. The molecule has 0 aliphatic carbocycles. The first-order valence-corrected chi connectivity index (χ1v) is 8.21. The van der Waals surface area contributed by atoms with Crippen LogP contribution in [0, 0.1) is 0 Å². The van der Waals surface area contributed by atoms with Gasteiger partial charge in [0.25, 0.3) is 0 Å². The molecule has 2 N–H and O–H groups in total. The van der Waals surface area contributed by atoms with Crippen molar-refractivity contribution in [3.63, 3.8) is 0 Å². The Labute approximate surface area is 137 Å². The minimum atomic E-state index is 0.287. The predicted octanol–water partition coefficient (Wildman–Crippen LogP) is 3.50. The molecule has 0 bridgehead atoms. The van der Waals surface area contributed by atoms with Crippen LogP contribution in [0.3, 0.4) is 0 Å². The first-order valence-electron chi connectivity index (χ1n) is 8.21. The number of ether oxygens (including phenoxy) is 2. The Hall–Kier alpha value is -1.88. The number of hydrogen-bond donors (Lipinski definition) is 2. The number of hydrazine groups is 1. The normalized spacial score (nSPS) is 17.3. The van der Waals surface area contributed by atoms with Gasteiger partial charge in [-0.2, -0.15) is 0 Å². The highest BCUT2D eigenvalue weighted by atomic mass is 16.5. The van der Waals surface area contributed by atoms with Crippen molar-refractivity contribution in [2.45, 2.75) is 32.1 Å². The number of benzene rings is 2. The molecule has 0 amide bonds. The lowest BCUT2D eigenvalue weighted by Gasteiger charge is -2.11. The van der Waals surface area contributed by atoms with Crippen molar-refractivity contribution < 1.29 is 9.47 Å². The standard InChI is InChI=1S/C19H24N2O2/c1-2-8-18(9-3-1)21-20-13-16-6-4-7-17(12-16)14-22-15-19-10-5-11-23-19/h1-4,6-9,12,19-21H,5,10-11,13-15H2. The van der Waals surface area contributed by atoms with Gasteiger partial charge in [-0.25, -0.2) is 5.43 Å². The van der Waals surface area contributed by atoms with Gasteiger partial charge < -0.3 is 14.9 Å². The minimum absolute atomic E-state index is 0.287. The Balaban J connectivity index is 1.41. The first kappa shape index (κ1) is 16.0. The molecular weight excluding hydrogens is 288 g/mol. The van der Waals surface area contributed by atoms with E-state index in [0.29, 0.717) is 13.2 Å². The molecule has 1 aliphatic rings. The third-order valence-corrected chi connectivity index (χ3v) is 3.89. The van der Waals surface area contributed by atoms with Crippen LogP contribution < -0.4 is 10.9 Å². The van der Waals surface area contributed by atoms with Gasteiger partial charge >= 0.3 is 0 Å². The largest absolute Gasteiger partial charge is 0.376 e. The van der Waals surface area contributed by atoms with Crippen LogP contribution in [0.1, 0.15) is 24.0 Å². The van der Waals surface area contributed by atoms with Gasteiger partial charge in [-0.1, -0.05) is 42.5 Å². The summed E-state index contributed by atoms with van der Waals surface area (Å²) in [5.41, 5.74) is 9.91. The van der Waals surface area contributed by atoms with Gasteiger partial charge in [-0.05, 0) is 36.1 Å². The lowest BCUT2D eigenvalue weighted by Crippen LogP contribution is -2.20. The molecule has 4 heteroatoms. The smallest absolute Gasteiger partial charge is 0.0809 e. The van der Waals surface area contributed by atoms with Crippen LogP contribution in [0.2, 0.25) is 0 Å². The summed E-state index contributed by atoms with van der Waals surface area (Å²) in [6.07, 6.45) is 2.56. The number of hydrogen-bond acceptors (Lipinski definition) is 4. The maximum absolute atomic E-state index is 5.77. The summed E-state index contributed by atoms with van der Waals surface area (Å²) in [5, 5.41) is 0. The fraction of sp³-hybridized carbons (Fsp3) is 0.368. The van der Waals surface area contributed by atoms with Crippen molar-refractivity contribution >= 4 is 5.69 Å². The second-order valence-electron chi connectivity index (χ2n) is 5.81. The Morgan fingerprint density at radius 1 is 1.04 bits per heavy atom. The van der Waals surface area contributed by atoms with E-state index in [9.17, 15) is 0 Å².